The minimum Gasteiger partial charge on any atom is -0.258 e. The van der Waals surface area contributed by atoms with Gasteiger partial charge in [-0.15, -0.1) is 11.6 Å². The van der Waals surface area contributed by atoms with Crippen LogP contribution in [0.3, 0.4) is 0 Å². The maximum Gasteiger partial charge on any atom is 0.273 e. The van der Waals surface area contributed by atoms with Gasteiger partial charge in [0.2, 0.25) is 0 Å². The number of pyridine rings is 1. The quantitative estimate of drug-likeness (QED) is 0.465. The van der Waals surface area contributed by atoms with E-state index in [1.807, 2.05) is 0 Å². The summed E-state index contributed by atoms with van der Waals surface area (Å²) < 4.78 is 23.9. The first-order chi connectivity index (χ1) is 7.89. The molecule has 0 aliphatic carbocycles. The first-order valence-corrected chi connectivity index (χ1v) is 6.88. The Morgan fingerprint density at radius 2 is 2.24 bits per heavy atom. The Hall–Kier alpha value is -1.21. The largest absolute Gasteiger partial charge is 0.273 e. The molecule has 0 aromatic carbocycles. The maximum atomic E-state index is 12.0. The van der Waals surface area contributed by atoms with Gasteiger partial charge in [0.1, 0.15) is 0 Å². The van der Waals surface area contributed by atoms with Gasteiger partial charge in [0.15, 0.2) is 14.9 Å². The fourth-order valence-electron chi connectivity index (χ4n) is 1.18. The second-order valence-electron chi connectivity index (χ2n) is 3.44. The molecule has 0 spiro atoms. The smallest absolute Gasteiger partial charge is 0.258 e. The molecule has 94 valence electrons. The molecule has 6 nitrogen and oxygen atoms in total. The average Bonchev–Trinajstić information content (AvgIpc) is 2.29. The van der Waals surface area contributed by atoms with Gasteiger partial charge in [-0.05, 0) is 13.3 Å². The SMILES string of the molecule is CC(CCCl)S(=O)(=O)c1cc([N+](=O)[O-])ccn1. The summed E-state index contributed by atoms with van der Waals surface area (Å²) in [6, 6.07) is 2.10. The Balaban J connectivity index is 3.15. The lowest BCUT2D eigenvalue weighted by Crippen LogP contribution is -2.19. The molecule has 17 heavy (non-hydrogen) atoms. The van der Waals surface area contributed by atoms with Crippen LogP contribution in [0.4, 0.5) is 5.69 Å². The van der Waals surface area contributed by atoms with Crippen molar-refractivity contribution in [2.75, 3.05) is 5.88 Å². The predicted molar refractivity (Wildman–Crippen MR) is 62.9 cm³/mol. The van der Waals surface area contributed by atoms with Gasteiger partial charge in [0.25, 0.3) is 5.69 Å². The summed E-state index contributed by atoms with van der Waals surface area (Å²) in [4.78, 5) is 13.5. The van der Waals surface area contributed by atoms with Crippen LogP contribution in [-0.4, -0.2) is 29.5 Å². The number of aromatic nitrogens is 1. The van der Waals surface area contributed by atoms with Gasteiger partial charge >= 0.3 is 0 Å². The van der Waals surface area contributed by atoms with Crippen LogP contribution < -0.4 is 0 Å². The number of nitrogens with zero attached hydrogens (tertiary/aromatic N) is 2. The van der Waals surface area contributed by atoms with Gasteiger partial charge in [0, 0.05) is 18.1 Å². The molecule has 0 aliphatic heterocycles. The Kier molecular flexibility index (Phi) is 4.41. The molecule has 0 saturated heterocycles. The van der Waals surface area contributed by atoms with E-state index in [0.29, 0.717) is 0 Å². The van der Waals surface area contributed by atoms with Gasteiger partial charge < -0.3 is 0 Å². The van der Waals surface area contributed by atoms with Crippen LogP contribution in [0.1, 0.15) is 13.3 Å². The van der Waals surface area contributed by atoms with E-state index in [-0.39, 0.29) is 23.0 Å². The number of nitro groups is 1. The van der Waals surface area contributed by atoms with Crippen LogP contribution in [0.15, 0.2) is 23.4 Å². The topological polar surface area (TPSA) is 90.2 Å². The van der Waals surface area contributed by atoms with Crippen molar-refractivity contribution in [1.29, 1.82) is 0 Å². The molecule has 8 heteroatoms. The fraction of sp³-hybridized carbons (Fsp3) is 0.444. The molecule has 1 unspecified atom stereocenters. The molecule has 1 aromatic rings. The zero-order valence-electron chi connectivity index (χ0n) is 9.04. The third-order valence-electron chi connectivity index (χ3n) is 2.27. The van der Waals surface area contributed by atoms with Crippen LogP contribution in [0.5, 0.6) is 0 Å². The molecule has 1 rings (SSSR count). The minimum absolute atomic E-state index is 0.204. The van der Waals surface area contributed by atoms with Crippen LogP contribution in [0, 0.1) is 10.1 Å². The van der Waals surface area contributed by atoms with Crippen molar-refractivity contribution >= 4 is 27.1 Å². The zero-order valence-corrected chi connectivity index (χ0v) is 10.6. The minimum atomic E-state index is -3.66. The van der Waals surface area contributed by atoms with Gasteiger partial charge in [-0.3, -0.25) is 10.1 Å². The Morgan fingerprint density at radius 1 is 1.59 bits per heavy atom. The highest BCUT2D eigenvalue weighted by Crippen LogP contribution is 2.20. The third kappa shape index (κ3) is 3.13. The van der Waals surface area contributed by atoms with Crippen molar-refractivity contribution in [2.45, 2.75) is 23.6 Å². The molecule has 1 heterocycles. The molecule has 0 radical (unpaired) electrons. The number of halogens is 1. The lowest BCUT2D eigenvalue weighted by Gasteiger charge is -2.10. The van der Waals surface area contributed by atoms with Crippen molar-refractivity contribution in [1.82, 2.24) is 4.98 Å². The van der Waals surface area contributed by atoms with Crippen LogP contribution in [0.2, 0.25) is 0 Å². The third-order valence-corrected chi connectivity index (χ3v) is 4.59. The lowest BCUT2D eigenvalue weighted by atomic mass is 10.4. The summed E-state index contributed by atoms with van der Waals surface area (Å²) in [5, 5.41) is 9.54. The maximum absolute atomic E-state index is 12.0. The van der Waals surface area contributed by atoms with Crippen LogP contribution in [-0.2, 0) is 9.84 Å². The monoisotopic (exact) mass is 278 g/mol. The molecule has 1 atom stereocenters. The Morgan fingerprint density at radius 3 is 2.76 bits per heavy atom. The van der Waals surface area contributed by atoms with Crippen molar-refractivity contribution < 1.29 is 13.3 Å². The first kappa shape index (κ1) is 13.9. The molecular weight excluding hydrogens is 268 g/mol. The Bertz CT molecular complexity index is 517. The summed E-state index contributed by atoms with van der Waals surface area (Å²) in [7, 11) is -3.66. The van der Waals surface area contributed by atoms with Gasteiger partial charge in [-0.25, -0.2) is 13.4 Å². The van der Waals surface area contributed by atoms with E-state index < -0.39 is 20.0 Å². The van der Waals surface area contributed by atoms with E-state index in [1.165, 1.54) is 6.92 Å². The molecule has 0 bridgehead atoms. The van der Waals surface area contributed by atoms with E-state index in [2.05, 4.69) is 4.98 Å². The number of hydrogen-bond donors (Lipinski definition) is 0. The first-order valence-electron chi connectivity index (χ1n) is 4.80. The average molecular weight is 279 g/mol. The second-order valence-corrected chi connectivity index (χ2v) is 6.13. The summed E-state index contributed by atoms with van der Waals surface area (Å²) in [6.45, 7) is 1.50. The normalized spacial score (nSPS) is 13.3. The van der Waals surface area contributed by atoms with E-state index in [0.717, 1.165) is 18.3 Å². The molecule has 0 aliphatic rings. The van der Waals surface area contributed by atoms with Crippen LogP contribution in [0.25, 0.3) is 0 Å². The van der Waals surface area contributed by atoms with Crippen LogP contribution >= 0.6 is 11.6 Å². The fourth-order valence-corrected chi connectivity index (χ4v) is 2.97. The highest BCUT2D eigenvalue weighted by molar-refractivity contribution is 7.92. The highest BCUT2D eigenvalue weighted by atomic mass is 35.5. The predicted octanol–water partition coefficient (Wildman–Crippen LogP) is 1.78. The van der Waals surface area contributed by atoms with E-state index in [4.69, 9.17) is 11.6 Å². The summed E-state index contributed by atoms with van der Waals surface area (Å²) in [5.41, 5.74) is -0.295. The van der Waals surface area contributed by atoms with Crippen molar-refractivity contribution in [3.8, 4) is 0 Å². The van der Waals surface area contributed by atoms with E-state index in [9.17, 15) is 18.5 Å². The molecule has 0 amide bonds. The van der Waals surface area contributed by atoms with E-state index in [1.54, 1.807) is 0 Å². The zero-order chi connectivity index (χ0) is 13.1. The van der Waals surface area contributed by atoms with Gasteiger partial charge in [0.05, 0.1) is 16.2 Å². The number of sulfone groups is 1. The number of hydrogen-bond acceptors (Lipinski definition) is 5. The number of rotatable bonds is 5. The molecule has 0 saturated carbocycles. The molecule has 1 aromatic heterocycles. The molecular formula is C9H11ClN2O4S. The van der Waals surface area contributed by atoms with E-state index >= 15 is 0 Å². The Labute approximate surface area is 104 Å². The summed E-state index contributed by atoms with van der Waals surface area (Å²) in [6.07, 6.45) is 1.38. The highest BCUT2D eigenvalue weighted by Gasteiger charge is 2.25. The second kappa shape index (κ2) is 5.42. The van der Waals surface area contributed by atoms with Crippen molar-refractivity contribution in [3.63, 3.8) is 0 Å². The van der Waals surface area contributed by atoms with Crippen molar-refractivity contribution in [3.05, 3.63) is 28.4 Å². The van der Waals surface area contributed by atoms with Gasteiger partial charge in [-0.1, -0.05) is 0 Å². The summed E-state index contributed by atoms with van der Waals surface area (Å²) in [5.74, 6) is 0.204. The van der Waals surface area contributed by atoms with Gasteiger partial charge in [-0.2, -0.15) is 0 Å². The van der Waals surface area contributed by atoms with Crippen molar-refractivity contribution in [2.24, 2.45) is 0 Å². The molecule has 0 N–H and O–H groups in total. The summed E-state index contributed by atoms with van der Waals surface area (Å²) >= 11 is 5.48. The lowest BCUT2D eigenvalue weighted by molar-refractivity contribution is -0.385. The molecule has 0 fully saturated rings. The number of alkyl halides is 1. The standard InChI is InChI=1S/C9H11ClN2O4S/c1-7(2-4-10)17(15,16)9-6-8(12(13)14)3-5-11-9/h3,5-7H,2,4H2,1H3.